The highest BCUT2D eigenvalue weighted by Gasteiger charge is 2.28. The fourth-order valence-electron chi connectivity index (χ4n) is 3.97. The molecular weight excluding hydrogens is 398 g/mol. The number of fused-ring (bicyclic) bond motifs is 3. The Hall–Kier alpha value is -1.87. The zero-order valence-corrected chi connectivity index (χ0v) is 17.4. The van der Waals surface area contributed by atoms with E-state index in [4.69, 9.17) is 4.74 Å². The fraction of sp³-hybridized carbons (Fsp3) is 0.579. The highest BCUT2D eigenvalue weighted by atomic mass is 32.2. The van der Waals surface area contributed by atoms with Gasteiger partial charge in [-0.3, -0.25) is 14.4 Å². The molecule has 28 heavy (non-hydrogen) atoms. The van der Waals surface area contributed by atoms with E-state index in [1.165, 1.54) is 35.7 Å². The SMILES string of the molecule is COC(=O)C1CCN(C(=O)CSc2nc3sc4c(c3c(=O)[nH]2)CCCC4)CC1. The normalized spacial score (nSPS) is 17.5. The van der Waals surface area contributed by atoms with Crippen molar-refractivity contribution in [2.75, 3.05) is 26.0 Å². The molecular formula is C19H23N3O4S2. The van der Waals surface area contributed by atoms with Gasteiger partial charge in [0.1, 0.15) is 4.83 Å². The number of aromatic nitrogens is 2. The molecule has 0 radical (unpaired) electrons. The molecule has 0 unspecified atom stereocenters. The number of nitrogens with one attached hydrogen (secondary N) is 1. The van der Waals surface area contributed by atoms with Crippen LogP contribution in [-0.4, -0.2) is 52.7 Å². The molecule has 0 atom stereocenters. The van der Waals surface area contributed by atoms with E-state index >= 15 is 0 Å². The number of rotatable bonds is 4. The Morgan fingerprint density at radius 1 is 1.29 bits per heavy atom. The lowest BCUT2D eigenvalue weighted by Gasteiger charge is -2.30. The lowest BCUT2D eigenvalue weighted by molar-refractivity contribution is -0.148. The quantitative estimate of drug-likeness (QED) is 0.463. The molecule has 3 heterocycles. The number of ether oxygens (including phenoxy) is 1. The Labute approximate surface area is 170 Å². The summed E-state index contributed by atoms with van der Waals surface area (Å²) in [7, 11) is 1.39. The third-order valence-electron chi connectivity index (χ3n) is 5.52. The van der Waals surface area contributed by atoms with Crippen molar-refractivity contribution in [3.8, 4) is 0 Å². The molecule has 2 aromatic heterocycles. The van der Waals surface area contributed by atoms with E-state index in [2.05, 4.69) is 9.97 Å². The first-order valence-electron chi connectivity index (χ1n) is 9.59. The third-order valence-corrected chi connectivity index (χ3v) is 7.56. The van der Waals surface area contributed by atoms with Crippen LogP contribution in [0.25, 0.3) is 10.2 Å². The average Bonchev–Trinajstić information content (AvgIpc) is 3.10. The lowest BCUT2D eigenvalue weighted by Crippen LogP contribution is -2.41. The van der Waals surface area contributed by atoms with Crippen LogP contribution < -0.4 is 5.56 Å². The summed E-state index contributed by atoms with van der Waals surface area (Å²) in [6, 6.07) is 0. The van der Waals surface area contributed by atoms with Gasteiger partial charge in [-0.2, -0.15) is 0 Å². The van der Waals surface area contributed by atoms with Crippen molar-refractivity contribution < 1.29 is 14.3 Å². The van der Waals surface area contributed by atoms with Gasteiger partial charge in [-0.25, -0.2) is 4.98 Å². The number of piperidine rings is 1. The van der Waals surface area contributed by atoms with E-state index in [0.717, 1.165) is 29.5 Å². The molecule has 2 aromatic rings. The minimum absolute atomic E-state index is 0.00142. The number of thioether (sulfide) groups is 1. The first-order valence-corrected chi connectivity index (χ1v) is 11.4. The molecule has 1 amide bonds. The smallest absolute Gasteiger partial charge is 0.308 e. The van der Waals surface area contributed by atoms with Crippen molar-refractivity contribution in [2.45, 2.75) is 43.7 Å². The number of likely N-dealkylation sites (tertiary alicyclic amines) is 1. The van der Waals surface area contributed by atoms with E-state index in [1.54, 1.807) is 16.2 Å². The van der Waals surface area contributed by atoms with Gasteiger partial charge in [0.25, 0.3) is 5.56 Å². The second-order valence-corrected chi connectivity index (χ2v) is 9.28. The van der Waals surface area contributed by atoms with Gasteiger partial charge in [0.2, 0.25) is 5.91 Å². The molecule has 1 aliphatic carbocycles. The van der Waals surface area contributed by atoms with Crippen LogP contribution in [0.15, 0.2) is 9.95 Å². The molecule has 1 N–H and O–H groups in total. The number of carbonyl (C=O) groups is 2. The number of thiophene rings is 1. The van der Waals surface area contributed by atoms with Gasteiger partial charge in [0, 0.05) is 18.0 Å². The number of hydrogen-bond donors (Lipinski definition) is 1. The Morgan fingerprint density at radius 2 is 2.04 bits per heavy atom. The maximum Gasteiger partial charge on any atom is 0.308 e. The van der Waals surface area contributed by atoms with Gasteiger partial charge in [0.15, 0.2) is 5.16 Å². The molecule has 2 aliphatic rings. The predicted octanol–water partition coefficient (Wildman–Crippen LogP) is 2.37. The van der Waals surface area contributed by atoms with Crippen LogP contribution in [0.3, 0.4) is 0 Å². The molecule has 150 valence electrons. The summed E-state index contributed by atoms with van der Waals surface area (Å²) in [5, 5.41) is 1.23. The predicted molar refractivity (Wildman–Crippen MR) is 109 cm³/mol. The van der Waals surface area contributed by atoms with Gasteiger partial charge in [-0.1, -0.05) is 11.8 Å². The van der Waals surface area contributed by atoms with E-state index in [-0.39, 0.29) is 29.1 Å². The van der Waals surface area contributed by atoms with E-state index in [1.807, 2.05) is 0 Å². The molecule has 1 fully saturated rings. The summed E-state index contributed by atoms with van der Waals surface area (Å²) in [5.41, 5.74) is 1.07. The van der Waals surface area contributed by atoms with Crippen molar-refractivity contribution in [1.29, 1.82) is 0 Å². The van der Waals surface area contributed by atoms with Crippen LogP contribution in [0, 0.1) is 5.92 Å². The molecule has 9 heteroatoms. The monoisotopic (exact) mass is 421 g/mol. The minimum Gasteiger partial charge on any atom is -0.469 e. The number of H-pyrrole nitrogens is 1. The summed E-state index contributed by atoms with van der Waals surface area (Å²) >= 11 is 2.88. The number of aromatic amines is 1. The fourth-order valence-corrected chi connectivity index (χ4v) is 6.05. The molecule has 0 aromatic carbocycles. The number of nitrogens with zero attached hydrogens (tertiary/aromatic N) is 2. The number of aryl methyl sites for hydroxylation is 2. The van der Waals surface area contributed by atoms with E-state index in [9.17, 15) is 14.4 Å². The zero-order valence-electron chi connectivity index (χ0n) is 15.8. The maximum atomic E-state index is 12.6. The summed E-state index contributed by atoms with van der Waals surface area (Å²) < 4.78 is 4.78. The number of amides is 1. The van der Waals surface area contributed by atoms with Gasteiger partial charge < -0.3 is 14.6 Å². The van der Waals surface area contributed by atoms with Crippen LogP contribution in [-0.2, 0) is 27.2 Å². The standard InChI is InChI=1S/C19H23N3O4S2/c1-26-18(25)11-6-8-22(9-7-11)14(23)10-27-19-20-16(24)15-12-4-2-3-5-13(12)28-17(15)21-19/h11H,2-10H2,1H3,(H,20,21,24). The van der Waals surface area contributed by atoms with Crippen molar-refractivity contribution in [2.24, 2.45) is 5.92 Å². The summed E-state index contributed by atoms with van der Waals surface area (Å²) in [4.78, 5) is 47.9. The van der Waals surface area contributed by atoms with Gasteiger partial charge in [-0.05, 0) is 44.1 Å². The molecule has 0 spiro atoms. The number of methoxy groups -OCH3 is 1. The Kier molecular flexibility index (Phi) is 5.73. The van der Waals surface area contributed by atoms with Crippen molar-refractivity contribution in [3.63, 3.8) is 0 Å². The Morgan fingerprint density at radius 3 is 2.79 bits per heavy atom. The van der Waals surface area contributed by atoms with Crippen LogP contribution in [0.1, 0.15) is 36.1 Å². The average molecular weight is 422 g/mol. The summed E-state index contributed by atoms with van der Waals surface area (Å²) in [6.07, 6.45) is 5.52. The first kappa shape index (κ1) is 19.4. The van der Waals surface area contributed by atoms with Gasteiger partial charge in [0.05, 0.1) is 24.2 Å². The van der Waals surface area contributed by atoms with E-state index < -0.39 is 0 Å². The van der Waals surface area contributed by atoms with Crippen LogP contribution in [0.4, 0.5) is 0 Å². The lowest BCUT2D eigenvalue weighted by atomic mass is 9.97. The second-order valence-electron chi connectivity index (χ2n) is 7.23. The highest BCUT2D eigenvalue weighted by Crippen LogP contribution is 2.34. The topological polar surface area (TPSA) is 92.4 Å². The Balaban J connectivity index is 1.40. The van der Waals surface area contributed by atoms with Crippen LogP contribution in [0.5, 0.6) is 0 Å². The maximum absolute atomic E-state index is 12.6. The number of carbonyl (C=O) groups excluding carboxylic acids is 2. The Bertz CT molecular complexity index is 960. The highest BCUT2D eigenvalue weighted by molar-refractivity contribution is 7.99. The van der Waals surface area contributed by atoms with Crippen molar-refractivity contribution >= 4 is 45.2 Å². The van der Waals surface area contributed by atoms with Crippen molar-refractivity contribution in [3.05, 3.63) is 20.8 Å². The number of esters is 1. The largest absolute Gasteiger partial charge is 0.469 e. The minimum atomic E-state index is -0.199. The molecule has 7 nitrogen and oxygen atoms in total. The number of hydrogen-bond acceptors (Lipinski definition) is 7. The zero-order chi connectivity index (χ0) is 19.7. The molecule has 0 bridgehead atoms. The second kappa shape index (κ2) is 8.24. The summed E-state index contributed by atoms with van der Waals surface area (Å²) in [5.74, 6) is -0.0914. The van der Waals surface area contributed by atoms with Crippen molar-refractivity contribution in [1.82, 2.24) is 14.9 Å². The molecule has 1 saturated heterocycles. The van der Waals surface area contributed by atoms with Crippen LogP contribution in [0.2, 0.25) is 0 Å². The first-order chi connectivity index (χ1) is 13.6. The molecule has 4 rings (SSSR count). The van der Waals surface area contributed by atoms with E-state index in [0.29, 0.717) is 31.1 Å². The summed E-state index contributed by atoms with van der Waals surface area (Å²) in [6.45, 7) is 1.11. The third kappa shape index (κ3) is 3.82. The van der Waals surface area contributed by atoms with Gasteiger partial charge in [-0.15, -0.1) is 11.3 Å². The molecule has 0 saturated carbocycles. The molecule has 1 aliphatic heterocycles. The van der Waals surface area contributed by atoms with Crippen LogP contribution >= 0.6 is 23.1 Å². The van der Waals surface area contributed by atoms with Gasteiger partial charge >= 0.3 is 5.97 Å².